The molecule has 0 aliphatic carbocycles. The molecule has 0 radical (unpaired) electrons. The smallest absolute Gasteiger partial charge is 0.147 e. The molecule has 21 heavy (non-hydrogen) atoms. The Kier molecular flexibility index (Phi) is 6.14. The highest BCUT2D eigenvalue weighted by atomic mass is 79.9. The van der Waals surface area contributed by atoms with E-state index in [0.29, 0.717) is 6.61 Å². The van der Waals surface area contributed by atoms with Gasteiger partial charge in [-0.05, 0) is 81.1 Å². The fourth-order valence-electron chi connectivity index (χ4n) is 1.99. The topological polar surface area (TPSA) is 21.3 Å². The van der Waals surface area contributed by atoms with Gasteiger partial charge in [0.25, 0.3) is 0 Å². The summed E-state index contributed by atoms with van der Waals surface area (Å²) in [6, 6.07) is 10.3. The average Bonchev–Trinajstić information content (AvgIpc) is 2.44. The van der Waals surface area contributed by atoms with Gasteiger partial charge in [-0.2, -0.15) is 0 Å². The molecular weight excluding hydrogens is 462 g/mol. The molecule has 2 aromatic rings. The normalized spacial score (nSPS) is 10.5. The first kappa shape index (κ1) is 16.8. The van der Waals surface area contributed by atoms with Gasteiger partial charge in [-0.1, -0.05) is 22.0 Å². The molecule has 0 aliphatic heterocycles. The van der Waals surface area contributed by atoms with Crippen LogP contribution in [0.4, 0.5) is 5.69 Å². The Labute approximate surface area is 150 Å². The molecule has 2 aromatic carbocycles. The first-order valence-electron chi connectivity index (χ1n) is 6.62. The third-order valence-corrected chi connectivity index (χ3v) is 5.13. The number of hydrogen-bond acceptors (Lipinski definition) is 2. The highest BCUT2D eigenvalue weighted by Gasteiger charge is 2.09. The van der Waals surface area contributed by atoms with Crippen molar-refractivity contribution in [2.24, 2.45) is 0 Å². The average molecular weight is 478 g/mol. The molecule has 2 rings (SSSR count). The standard InChI is InChI=1S/C16H16Br3NO/c1-3-21-16-13(18)7-11(8-14(16)19)9-20-15-6-4-5-12(17)10(15)2/h4-8,20H,3,9H2,1-2H3. The number of benzene rings is 2. The van der Waals surface area contributed by atoms with Gasteiger partial charge in [0.15, 0.2) is 0 Å². The molecule has 0 heterocycles. The second-order valence-corrected chi connectivity index (χ2v) is 7.15. The predicted molar refractivity (Wildman–Crippen MR) is 99.2 cm³/mol. The Morgan fingerprint density at radius 1 is 1.05 bits per heavy atom. The SMILES string of the molecule is CCOc1c(Br)cc(CNc2cccc(Br)c2C)cc1Br. The molecule has 0 saturated carbocycles. The zero-order valence-corrected chi connectivity index (χ0v) is 16.6. The number of rotatable bonds is 5. The van der Waals surface area contributed by atoms with E-state index in [0.717, 1.165) is 31.4 Å². The molecule has 0 unspecified atom stereocenters. The summed E-state index contributed by atoms with van der Waals surface area (Å²) in [7, 11) is 0. The quantitative estimate of drug-likeness (QED) is 0.546. The van der Waals surface area contributed by atoms with Gasteiger partial charge in [0.05, 0.1) is 15.6 Å². The Morgan fingerprint density at radius 3 is 2.33 bits per heavy atom. The number of anilines is 1. The van der Waals surface area contributed by atoms with E-state index in [4.69, 9.17) is 4.74 Å². The minimum atomic E-state index is 0.645. The maximum absolute atomic E-state index is 5.60. The third-order valence-electron chi connectivity index (χ3n) is 3.10. The minimum absolute atomic E-state index is 0.645. The zero-order valence-electron chi connectivity index (χ0n) is 11.8. The number of hydrogen-bond donors (Lipinski definition) is 1. The van der Waals surface area contributed by atoms with E-state index in [2.05, 4.69) is 78.2 Å². The number of ether oxygens (including phenoxy) is 1. The van der Waals surface area contributed by atoms with Crippen LogP contribution in [0.3, 0.4) is 0 Å². The largest absolute Gasteiger partial charge is 0.492 e. The summed E-state index contributed by atoms with van der Waals surface area (Å²) in [5.74, 6) is 0.847. The van der Waals surface area contributed by atoms with Gasteiger partial charge in [-0.15, -0.1) is 0 Å². The van der Waals surface area contributed by atoms with Gasteiger partial charge in [-0.25, -0.2) is 0 Å². The van der Waals surface area contributed by atoms with E-state index in [1.807, 2.05) is 19.1 Å². The summed E-state index contributed by atoms with van der Waals surface area (Å²) < 4.78 is 8.63. The number of nitrogens with one attached hydrogen (secondary N) is 1. The molecule has 0 fully saturated rings. The van der Waals surface area contributed by atoms with Crippen molar-refractivity contribution in [3.05, 3.63) is 54.9 Å². The predicted octanol–water partition coefficient (Wildman–Crippen LogP) is 6.29. The maximum atomic E-state index is 5.60. The van der Waals surface area contributed by atoms with Gasteiger partial charge in [0.1, 0.15) is 5.75 Å². The molecule has 0 aromatic heterocycles. The van der Waals surface area contributed by atoms with Crippen LogP contribution < -0.4 is 10.1 Å². The monoisotopic (exact) mass is 475 g/mol. The van der Waals surface area contributed by atoms with Gasteiger partial charge in [0, 0.05) is 16.7 Å². The molecular formula is C16H16Br3NO. The van der Waals surface area contributed by atoms with Crippen LogP contribution >= 0.6 is 47.8 Å². The molecule has 112 valence electrons. The van der Waals surface area contributed by atoms with Gasteiger partial charge in [0.2, 0.25) is 0 Å². The fourth-order valence-corrected chi connectivity index (χ4v) is 3.87. The number of halogens is 3. The van der Waals surface area contributed by atoms with Gasteiger partial charge in [-0.3, -0.25) is 0 Å². The Hall–Kier alpha value is -0.520. The molecule has 5 heteroatoms. The van der Waals surface area contributed by atoms with Crippen LogP contribution in [0.15, 0.2) is 43.7 Å². The second kappa shape index (κ2) is 7.65. The van der Waals surface area contributed by atoms with Crippen molar-refractivity contribution in [2.45, 2.75) is 20.4 Å². The molecule has 0 spiro atoms. The molecule has 0 amide bonds. The highest BCUT2D eigenvalue weighted by Crippen LogP contribution is 2.35. The van der Waals surface area contributed by atoms with Crippen molar-refractivity contribution in [1.82, 2.24) is 0 Å². The lowest BCUT2D eigenvalue weighted by Crippen LogP contribution is -2.02. The van der Waals surface area contributed by atoms with Crippen LogP contribution in [-0.2, 0) is 6.54 Å². The van der Waals surface area contributed by atoms with Gasteiger partial charge < -0.3 is 10.1 Å². The molecule has 0 saturated heterocycles. The van der Waals surface area contributed by atoms with Crippen LogP contribution in [0.5, 0.6) is 5.75 Å². The van der Waals surface area contributed by atoms with E-state index in [-0.39, 0.29) is 0 Å². The van der Waals surface area contributed by atoms with E-state index >= 15 is 0 Å². The van der Waals surface area contributed by atoms with Crippen molar-refractivity contribution in [3.63, 3.8) is 0 Å². The summed E-state index contributed by atoms with van der Waals surface area (Å²) in [5, 5.41) is 3.46. The Morgan fingerprint density at radius 2 is 1.71 bits per heavy atom. The van der Waals surface area contributed by atoms with Crippen molar-refractivity contribution in [1.29, 1.82) is 0 Å². The lowest BCUT2D eigenvalue weighted by Gasteiger charge is -2.13. The summed E-state index contributed by atoms with van der Waals surface area (Å²) >= 11 is 10.7. The molecule has 2 nitrogen and oxygen atoms in total. The zero-order chi connectivity index (χ0) is 15.4. The lowest BCUT2D eigenvalue weighted by molar-refractivity contribution is 0.336. The van der Waals surface area contributed by atoms with Crippen LogP contribution in [-0.4, -0.2) is 6.61 Å². The van der Waals surface area contributed by atoms with Crippen molar-refractivity contribution in [2.75, 3.05) is 11.9 Å². The first-order valence-corrected chi connectivity index (χ1v) is 9.00. The van der Waals surface area contributed by atoms with E-state index in [9.17, 15) is 0 Å². The fraction of sp³-hybridized carbons (Fsp3) is 0.250. The van der Waals surface area contributed by atoms with E-state index < -0.39 is 0 Å². The molecule has 0 bridgehead atoms. The van der Waals surface area contributed by atoms with Crippen molar-refractivity contribution >= 4 is 53.5 Å². The summed E-state index contributed by atoms with van der Waals surface area (Å²) in [4.78, 5) is 0. The van der Waals surface area contributed by atoms with Crippen LogP contribution in [0.2, 0.25) is 0 Å². The lowest BCUT2D eigenvalue weighted by atomic mass is 10.1. The second-order valence-electron chi connectivity index (χ2n) is 4.59. The first-order chi connectivity index (χ1) is 10.0. The Bertz CT molecular complexity index is 620. The third kappa shape index (κ3) is 4.24. The van der Waals surface area contributed by atoms with E-state index in [1.165, 1.54) is 11.1 Å². The van der Waals surface area contributed by atoms with Crippen LogP contribution in [0, 0.1) is 6.92 Å². The van der Waals surface area contributed by atoms with E-state index in [1.54, 1.807) is 0 Å². The van der Waals surface area contributed by atoms with Gasteiger partial charge >= 0.3 is 0 Å². The summed E-state index contributed by atoms with van der Waals surface area (Å²) in [6.45, 7) is 5.47. The minimum Gasteiger partial charge on any atom is -0.492 e. The molecule has 0 aliphatic rings. The van der Waals surface area contributed by atoms with Crippen molar-refractivity contribution in [3.8, 4) is 5.75 Å². The maximum Gasteiger partial charge on any atom is 0.147 e. The van der Waals surface area contributed by atoms with Crippen LogP contribution in [0.1, 0.15) is 18.1 Å². The molecule has 1 N–H and O–H groups in total. The summed E-state index contributed by atoms with van der Waals surface area (Å²) in [6.07, 6.45) is 0. The van der Waals surface area contributed by atoms with Crippen LogP contribution in [0.25, 0.3) is 0 Å². The van der Waals surface area contributed by atoms with Crippen molar-refractivity contribution < 1.29 is 4.74 Å². The Balaban J connectivity index is 2.15. The highest BCUT2D eigenvalue weighted by molar-refractivity contribution is 9.11. The summed E-state index contributed by atoms with van der Waals surface area (Å²) in [5.41, 5.74) is 3.52. The molecule has 0 atom stereocenters.